The molecule has 122 valence electrons. The SMILES string of the molecule is COC(=O)C(N)Cc1c(C)cc(OCc2ccccc2)cc1C. The number of methoxy groups -OCH3 is 1. The molecule has 0 saturated carbocycles. The summed E-state index contributed by atoms with van der Waals surface area (Å²) in [5, 5.41) is 0. The third kappa shape index (κ3) is 4.57. The van der Waals surface area contributed by atoms with Gasteiger partial charge in [0, 0.05) is 0 Å². The Hall–Kier alpha value is -2.33. The monoisotopic (exact) mass is 313 g/mol. The van der Waals surface area contributed by atoms with Gasteiger partial charge in [0.15, 0.2) is 0 Å². The van der Waals surface area contributed by atoms with Crippen molar-refractivity contribution < 1.29 is 14.3 Å². The van der Waals surface area contributed by atoms with Gasteiger partial charge in [-0.25, -0.2) is 0 Å². The van der Waals surface area contributed by atoms with Crippen molar-refractivity contribution in [3.63, 3.8) is 0 Å². The maximum absolute atomic E-state index is 11.5. The number of carbonyl (C=O) groups excluding carboxylic acids is 1. The number of nitrogens with two attached hydrogens (primary N) is 1. The predicted octanol–water partition coefficient (Wildman–Crippen LogP) is 2.93. The molecule has 2 N–H and O–H groups in total. The molecule has 2 rings (SSSR count). The Labute approximate surface area is 137 Å². The first-order valence-electron chi connectivity index (χ1n) is 7.61. The van der Waals surface area contributed by atoms with Crippen LogP contribution in [-0.4, -0.2) is 19.1 Å². The van der Waals surface area contributed by atoms with Crippen molar-refractivity contribution >= 4 is 5.97 Å². The highest BCUT2D eigenvalue weighted by Gasteiger charge is 2.17. The Kier molecular flexibility index (Phi) is 5.77. The molecule has 0 amide bonds. The number of benzene rings is 2. The van der Waals surface area contributed by atoms with Gasteiger partial charge >= 0.3 is 5.97 Å². The van der Waals surface area contributed by atoms with Crippen LogP contribution in [0.4, 0.5) is 0 Å². The van der Waals surface area contributed by atoms with Gasteiger partial charge in [0.2, 0.25) is 0 Å². The number of aryl methyl sites for hydroxylation is 2. The summed E-state index contributed by atoms with van der Waals surface area (Å²) in [6.07, 6.45) is 0.462. The van der Waals surface area contributed by atoms with Crippen molar-refractivity contribution in [3.05, 3.63) is 64.7 Å². The van der Waals surface area contributed by atoms with Crippen molar-refractivity contribution in [2.75, 3.05) is 7.11 Å². The number of ether oxygens (including phenoxy) is 2. The quantitative estimate of drug-likeness (QED) is 0.833. The molecule has 1 atom stereocenters. The normalized spacial score (nSPS) is 11.8. The van der Waals surface area contributed by atoms with E-state index in [0.717, 1.165) is 28.0 Å². The van der Waals surface area contributed by atoms with E-state index in [2.05, 4.69) is 4.74 Å². The van der Waals surface area contributed by atoms with Gasteiger partial charge in [-0.1, -0.05) is 30.3 Å². The van der Waals surface area contributed by atoms with E-state index < -0.39 is 12.0 Å². The van der Waals surface area contributed by atoms with Crippen molar-refractivity contribution in [1.29, 1.82) is 0 Å². The Morgan fingerprint density at radius 2 is 1.74 bits per heavy atom. The fourth-order valence-electron chi connectivity index (χ4n) is 2.55. The molecule has 0 heterocycles. The molecule has 2 aromatic rings. The molecule has 4 nitrogen and oxygen atoms in total. The van der Waals surface area contributed by atoms with E-state index in [-0.39, 0.29) is 0 Å². The van der Waals surface area contributed by atoms with E-state index >= 15 is 0 Å². The number of hydrogen-bond acceptors (Lipinski definition) is 4. The number of hydrogen-bond donors (Lipinski definition) is 1. The fourth-order valence-corrected chi connectivity index (χ4v) is 2.55. The van der Waals surface area contributed by atoms with Gasteiger partial charge in [0.1, 0.15) is 18.4 Å². The first kappa shape index (κ1) is 17.0. The Morgan fingerprint density at radius 3 is 2.30 bits per heavy atom. The molecule has 0 aliphatic heterocycles. The average Bonchev–Trinajstić information content (AvgIpc) is 2.56. The second kappa shape index (κ2) is 7.79. The van der Waals surface area contributed by atoms with Crippen molar-refractivity contribution in [3.8, 4) is 5.75 Å². The summed E-state index contributed by atoms with van der Waals surface area (Å²) in [6, 6.07) is 13.3. The second-order valence-corrected chi connectivity index (χ2v) is 5.64. The Balaban J connectivity index is 2.09. The molecule has 23 heavy (non-hydrogen) atoms. The highest BCUT2D eigenvalue weighted by molar-refractivity contribution is 5.75. The van der Waals surface area contributed by atoms with Crippen LogP contribution in [-0.2, 0) is 22.6 Å². The van der Waals surface area contributed by atoms with Crippen molar-refractivity contribution in [1.82, 2.24) is 0 Å². The number of carbonyl (C=O) groups is 1. The molecule has 0 fully saturated rings. The van der Waals surface area contributed by atoms with Crippen LogP contribution >= 0.6 is 0 Å². The van der Waals surface area contributed by atoms with Crippen molar-refractivity contribution in [2.45, 2.75) is 32.9 Å². The standard InChI is InChI=1S/C19H23NO3/c1-13-9-16(23-12-15-7-5-4-6-8-15)10-14(2)17(13)11-18(20)19(21)22-3/h4-10,18H,11-12,20H2,1-3H3. The molecule has 1 unspecified atom stereocenters. The fraction of sp³-hybridized carbons (Fsp3) is 0.316. The van der Waals surface area contributed by atoms with Gasteiger partial charge in [-0.05, 0) is 54.7 Å². The number of rotatable bonds is 6. The van der Waals surface area contributed by atoms with Gasteiger partial charge in [-0.2, -0.15) is 0 Å². The van der Waals surface area contributed by atoms with Crippen LogP contribution in [0.2, 0.25) is 0 Å². The van der Waals surface area contributed by atoms with Gasteiger partial charge in [0.25, 0.3) is 0 Å². The number of esters is 1. The minimum absolute atomic E-state index is 0.395. The van der Waals surface area contributed by atoms with Gasteiger partial charge < -0.3 is 15.2 Å². The third-order valence-corrected chi connectivity index (χ3v) is 3.85. The highest BCUT2D eigenvalue weighted by Crippen LogP contribution is 2.24. The van der Waals surface area contributed by atoms with E-state index in [4.69, 9.17) is 10.5 Å². The van der Waals surface area contributed by atoms with Crippen LogP contribution in [0.15, 0.2) is 42.5 Å². The molecule has 0 saturated heterocycles. The summed E-state index contributed by atoms with van der Waals surface area (Å²) >= 11 is 0. The van der Waals surface area contributed by atoms with E-state index in [1.165, 1.54) is 7.11 Å². The van der Waals surface area contributed by atoms with Gasteiger partial charge in [-0.3, -0.25) is 4.79 Å². The average molecular weight is 313 g/mol. The molecule has 4 heteroatoms. The molecular weight excluding hydrogens is 290 g/mol. The van der Waals surface area contributed by atoms with Gasteiger partial charge in [0.05, 0.1) is 7.11 Å². The summed E-state index contributed by atoms with van der Waals surface area (Å²) in [5.74, 6) is 0.424. The van der Waals surface area contributed by atoms with Gasteiger partial charge in [-0.15, -0.1) is 0 Å². The zero-order chi connectivity index (χ0) is 16.8. The van der Waals surface area contributed by atoms with E-state index in [1.807, 2.05) is 56.3 Å². The highest BCUT2D eigenvalue weighted by atomic mass is 16.5. The van der Waals surface area contributed by atoms with E-state index in [0.29, 0.717) is 13.0 Å². The Morgan fingerprint density at radius 1 is 1.13 bits per heavy atom. The molecule has 0 spiro atoms. The molecule has 2 aromatic carbocycles. The molecule has 0 aliphatic carbocycles. The molecule has 0 radical (unpaired) electrons. The summed E-state index contributed by atoms with van der Waals surface area (Å²) in [7, 11) is 1.35. The third-order valence-electron chi connectivity index (χ3n) is 3.85. The lowest BCUT2D eigenvalue weighted by molar-refractivity contribution is -0.142. The van der Waals surface area contributed by atoms with E-state index in [1.54, 1.807) is 0 Å². The maximum atomic E-state index is 11.5. The predicted molar refractivity (Wildman–Crippen MR) is 90.4 cm³/mol. The maximum Gasteiger partial charge on any atom is 0.322 e. The van der Waals surface area contributed by atoms with Crippen LogP contribution in [0, 0.1) is 13.8 Å². The lowest BCUT2D eigenvalue weighted by Crippen LogP contribution is -2.34. The van der Waals surface area contributed by atoms with Crippen LogP contribution in [0.1, 0.15) is 22.3 Å². The first-order chi connectivity index (χ1) is 11.0. The summed E-state index contributed by atoms with van der Waals surface area (Å²) in [6.45, 7) is 4.53. The largest absolute Gasteiger partial charge is 0.489 e. The smallest absolute Gasteiger partial charge is 0.322 e. The summed E-state index contributed by atoms with van der Waals surface area (Å²) in [5.41, 5.74) is 10.2. The van der Waals surface area contributed by atoms with Crippen LogP contribution in [0.25, 0.3) is 0 Å². The summed E-state index contributed by atoms with van der Waals surface area (Å²) in [4.78, 5) is 11.5. The lowest BCUT2D eigenvalue weighted by Gasteiger charge is -2.16. The zero-order valence-corrected chi connectivity index (χ0v) is 13.8. The molecule has 0 aromatic heterocycles. The van der Waals surface area contributed by atoms with Crippen molar-refractivity contribution in [2.24, 2.45) is 5.73 Å². The van der Waals surface area contributed by atoms with Crippen LogP contribution in [0.3, 0.4) is 0 Å². The van der Waals surface area contributed by atoms with Crippen LogP contribution < -0.4 is 10.5 Å². The van der Waals surface area contributed by atoms with Crippen LogP contribution in [0.5, 0.6) is 5.75 Å². The zero-order valence-electron chi connectivity index (χ0n) is 13.8. The first-order valence-corrected chi connectivity index (χ1v) is 7.61. The second-order valence-electron chi connectivity index (χ2n) is 5.64. The molecule has 0 aliphatic rings. The minimum Gasteiger partial charge on any atom is -0.489 e. The minimum atomic E-state index is -0.645. The summed E-state index contributed by atoms with van der Waals surface area (Å²) < 4.78 is 10.5. The topological polar surface area (TPSA) is 61.5 Å². The van der Waals surface area contributed by atoms with E-state index in [9.17, 15) is 4.79 Å². The lowest BCUT2D eigenvalue weighted by atomic mass is 9.96. The Bertz CT molecular complexity index is 645. The molecule has 0 bridgehead atoms. The molecular formula is C19H23NO3.